The van der Waals surface area contributed by atoms with E-state index in [-0.39, 0.29) is 46.6 Å². The van der Waals surface area contributed by atoms with Gasteiger partial charge >= 0.3 is 18.2 Å². The Kier molecular flexibility index (Phi) is 28.2. The number of carboxylic acids is 1. The fraction of sp³-hybridized carbons (Fsp3) is 0.485. The van der Waals surface area contributed by atoms with Gasteiger partial charge in [0.2, 0.25) is 0 Å². The summed E-state index contributed by atoms with van der Waals surface area (Å²) in [5, 5.41) is 26.0. The molecule has 17 rings (SSSR count). The van der Waals surface area contributed by atoms with Crippen LogP contribution in [-0.4, -0.2) is 232 Å². The van der Waals surface area contributed by atoms with Gasteiger partial charge in [-0.05, 0) is 230 Å². The molecule has 0 bridgehead atoms. The number of nitrogens with two attached hydrogens (primary N) is 1. The van der Waals surface area contributed by atoms with Gasteiger partial charge in [0.25, 0.3) is 11.8 Å². The first-order chi connectivity index (χ1) is 61.7. The fourth-order valence-electron chi connectivity index (χ4n) is 18.0. The number of hydrogen-bond donors (Lipinski definition) is 4. The highest BCUT2D eigenvalue weighted by Crippen LogP contribution is 2.44. The third-order valence-electron chi connectivity index (χ3n) is 25.7. The zero-order valence-corrected chi connectivity index (χ0v) is 78.6. The van der Waals surface area contributed by atoms with E-state index in [4.69, 9.17) is 69.8 Å². The van der Waals surface area contributed by atoms with Crippen molar-refractivity contribution in [1.29, 1.82) is 0 Å². The highest BCUT2D eigenvalue weighted by atomic mass is 35.5. The molecule has 5 aromatic carbocycles. The number of aromatic nitrogens is 10. The molecular weight excluding hydrogens is 1670 g/mol. The van der Waals surface area contributed by atoms with Crippen LogP contribution in [0, 0.1) is 16.2 Å². The molecule has 690 valence electrons. The van der Waals surface area contributed by atoms with Crippen molar-refractivity contribution in [1.82, 2.24) is 69.9 Å². The van der Waals surface area contributed by atoms with Gasteiger partial charge in [0.05, 0.1) is 63.7 Å². The number of hydrogen-bond acceptors (Lipinski definition) is 25. The first kappa shape index (κ1) is 93.7. The van der Waals surface area contributed by atoms with Gasteiger partial charge in [-0.1, -0.05) is 63.2 Å². The Labute approximate surface area is 767 Å². The van der Waals surface area contributed by atoms with Gasteiger partial charge in [-0.3, -0.25) is 14.6 Å². The molecule has 3 saturated heterocycles. The molecule has 0 aliphatic carbocycles. The number of halogens is 1. The van der Waals surface area contributed by atoms with Crippen LogP contribution in [0.15, 0.2) is 127 Å². The quantitative estimate of drug-likeness (QED) is 0.0584. The second kappa shape index (κ2) is 39.1. The number of piperidine rings is 3. The Balaban J connectivity index is 0.000000160. The Bertz CT molecular complexity index is 5800. The maximum absolute atomic E-state index is 13.1. The van der Waals surface area contributed by atoms with E-state index in [1.165, 1.54) is 0 Å². The number of carboxylic acid groups (broad SMARTS) is 1. The van der Waals surface area contributed by atoms with Crippen molar-refractivity contribution >= 4 is 117 Å². The Morgan fingerprint density at radius 3 is 1.24 bits per heavy atom. The van der Waals surface area contributed by atoms with Gasteiger partial charge in [-0.15, -0.1) is 12.4 Å². The number of methoxy groups -OCH3 is 2. The molecule has 33 heteroatoms. The van der Waals surface area contributed by atoms with E-state index < -0.39 is 23.3 Å². The van der Waals surface area contributed by atoms with Crippen LogP contribution >= 0.6 is 12.4 Å². The minimum Gasteiger partial charge on any atom is -0.497 e. The second-order valence-electron chi connectivity index (χ2n) is 38.3. The number of aromatic carboxylic acids is 1. The zero-order chi connectivity index (χ0) is 91.4. The fourth-order valence-corrected chi connectivity index (χ4v) is 18.0. The number of anilines is 8. The summed E-state index contributed by atoms with van der Waals surface area (Å²) < 4.78 is 25.4. The summed E-state index contributed by atoms with van der Waals surface area (Å²) >= 11 is 0. The van der Waals surface area contributed by atoms with Crippen molar-refractivity contribution in [3.05, 3.63) is 178 Å². The summed E-state index contributed by atoms with van der Waals surface area (Å²) in [7, 11) is 10.5. The molecule has 3 fully saturated rings. The van der Waals surface area contributed by atoms with Crippen LogP contribution in [0.5, 0.6) is 11.5 Å². The lowest BCUT2D eigenvalue weighted by Crippen LogP contribution is -2.46. The smallest absolute Gasteiger partial charge is 0.407 e. The van der Waals surface area contributed by atoms with Crippen LogP contribution in [0.2, 0.25) is 0 Å². The van der Waals surface area contributed by atoms with Gasteiger partial charge in [0.1, 0.15) is 45.8 Å². The molecule has 7 aliphatic heterocycles. The van der Waals surface area contributed by atoms with Gasteiger partial charge in [-0.2, -0.15) is 10.2 Å². The number of alkyl carbamates (subject to hydrolysis) is 2. The Hall–Kier alpha value is -12.5. The first-order valence-electron chi connectivity index (χ1n) is 45.0. The molecule has 130 heavy (non-hydrogen) atoms. The van der Waals surface area contributed by atoms with E-state index in [9.17, 15) is 29.1 Å². The molecule has 7 aliphatic rings. The van der Waals surface area contributed by atoms with Crippen LogP contribution in [-0.2, 0) is 48.4 Å². The topological polar surface area (TPSA) is 344 Å². The van der Waals surface area contributed by atoms with Crippen LogP contribution in [0.1, 0.15) is 190 Å². The maximum atomic E-state index is 13.1. The van der Waals surface area contributed by atoms with E-state index >= 15 is 0 Å². The second-order valence-corrected chi connectivity index (χ2v) is 38.3. The van der Waals surface area contributed by atoms with Crippen LogP contribution in [0.25, 0.3) is 22.3 Å². The average Bonchev–Trinajstić information content (AvgIpc) is 1.67. The molecule has 0 radical (unpaired) electrons. The molecule has 0 spiro atoms. The van der Waals surface area contributed by atoms with Crippen molar-refractivity contribution in [2.24, 2.45) is 27.0 Å². The molecule has 5 N–H and O–H groups in total. The van der Waals surface area contributed by atoms with Crippen molar-refractivity contribution in [3.8, 4) is 11.5 Å². The predicted molar refractivity (Wildman–Crippen MR) is 509 cm³/mol. The predicted octanol–water partition coefficient (Wildman–Crippen LogP) is 14.5. The number of fused-ring (bicyclic) bond motifs is 6. The number of carbonyl (C=O) groups is 5. The lowest BCUT2D eigenvalue weighted by molar-refractivity contribution is 0.0485. The number of carbonyl (C=O) groups excluding carboxylic acids is 4. The Morgan fingerprint density at radius 1 is 0.485 bits per heavy atom. The maximum Gasteiger partial charge on any atom is 0.407 e. The lowest BCUT2D eigenvalue weighted by atomic mass is 9.80. The molecule has 12 heterocycles. The normalized spacial score (nSPS) is 16.7. The number of ether oxygens (including phenoxy) is 4. The van der Waals surface area contributed by atoms with Crippen LogP contribution in [0.4, 0.5) is 55.7 Å². The third-order valence-corrected chi connectivity index (χ3v) is 25.7. The number of amides is 4. The number of amidine groups is 1. The largest absolute Gasteiger partial charge is 0.497 e. The van der Waals surface area contributed by atoms with Crippen LogP contribution in [0.3, 0.4) is 0 Å². The highest BCUT2D eigenvalue weighted by molar-refractivity contribution is 6.12. The van der Waals surface area contributed by atoms with E-state index in [0.29, 0.717) is 73.9 Å². The first-order valence-corrected chi connectivity index (χ1v) is 45.0. The number of rotatable bonds is 19. The molecule has 0 atom stereocenters. The van der Waals surface area contributed by atoms with Gasteiger partial charge < -0.3 is 79.6 Å². The molecule has 0 saturated carbocycles. The monoisotopic (exact) mass is 1790 g/mol. The van der Waals surface area contributed by atoms with E-state index in [2.05, 4.69) is 72.9 Å². The summed E-state index contributed by atoms with van der Waals surface area (Å²) in [6.45, 7) is 28.5. The van der Waals surface area contributed by atoms with Crippen molar-refractivity contribution in [2.75, 3.05) is 150 Å². The minimum atomic E-state index is -0.929. The summed E-state index contributed by atoms with van der Waals surface area (Å²) in [6.07, 6.45) is 15.5. The molecule has 32 nitrogen and oxygen atoms in total. The van der Waals surface area contributed by atoms with E-state index in [0.717, 1.165) is 243 Å². The number of nitrogens with one attached hydrogen (secondary N) is 2. The molecule has 10 aromatic rings. The van der Waals surface area contributed by atoms with Crippen molar-refractivity contribution < 1.29 is 48.0 Å². The van der Waals surface area contributed by atoms with Crippen LogP contribution < -0.4 is 55.2 Å². The third kappa shape index (κ3) is 21.0. The molecular formula is C97H125ClN22O10. The SMILES string of the molecule is CN(C)C(=O)c1cccc2c1CCCN2C1=NCc2nc(N3CCC(C)(CN)CC3)cnc21.COc1ccc(Cn2nc(N3CCCc4c(C(=O)N(C)C)cccc43)c3ncc(N4CCC(C)(CNC(=O)OC(C)(C)C)CC4)nc32)cc1.COc1ccc(Cn2nc(N3CCCc4c(C(=O)O)cccc43)c3ncc(N4CCC(C)(CNC(=O)OC(C)(C)C)CC4)nc32)cc1.Cl. The molecule has 5 aromatic heterocycles. The number of benzene rings is 5. The molecule has 4 amide bonds. The lowest BCUT2D eigenvalue weighted by Gasteiger charge is -2.40. The highest BCUT2D eigenvalue weighted by Gasteiger charge is 2.39. The average molecular weight is 1790 g/mol. The van der Waals surface area contributed by atoms with Gasteiger partial charge in [-0.25, -0.2) is 53.7 Å². The van der Waals surface area contributed by atoms with Gasteiger partial charge in [0.15, 0.2) is 39.8 Å². The standard InChI is InChI=1S/C37H48N8O4.C35H43N7O5.C25H33N7O.ClH/c1-36(2,3)49-35(47)39-24-37(4)17-20-43(21-18-37)30-22-38-31-32(40-30)45(23-25-13-15-26(48-7)16-14-25)41-33(31)44-19-9-11-27-28(34(46)42(5)6)10-8-12-29(27)44;1-34(2,3)47-33(45)37-22-35(4)15-18-40(19-16-35)28-20-36-29-30(38-28)42(21-23-11-13-24(46-5)14-12-23)39-31(29)41-17-7-9-25-26(32(43)44)8-6-10-27(25)41;1-25(16-26)9-12-31(13-10-25)21-15-27-22-19(29-21)14-28-23(22)32-11-5-7-17-18(24(33)30(2)3)6-4-8-20(17)32;/h8,10,12-16,22H,9,11,17-21,23-24H2,1-7H3,(H,39,47);6,8,10-14,20H,7,9,15-19,21-22H2,1-5H3,(H,37,45)(H,43,44);4,6,8,15H,5,7,9-14,16,26H2,1-3H3;1H. The zero-order valence-electron chi connectivity index (χ0n) is 77.7. The summed E-state index contributed by atoms with van der Waals surface area (Å²) in [5.74, 6) is 5.45. The summed E-state index contributed by atoms with van der Waals surface area (Å²) in [5.41, 5.74) is 19.3. The van der Waals surface area contributed by atoms with Crippen molar-refractivity contribution in [2.45, 2.75) is 170 Å². The summed E-state index contributed by atoms with van der Waals surface area (Å²) in [6, 6.07) is 33.2. The number of nitrogens with zero attached hydrogens (tertiary/aromatic N) is 19. The van der Waals surface area contributed by atoms with Gasteiger partial charge in [0, 0.05) is 128 Å². The Morgan fingerprint density at radius 2 is 0.854 bits per heavy atom. The molecule has 0 unspecified atom stereocenters. The number of aliphatic imine (C=N–C) groups is 1. The van der Waals surface area contributed by atoms with Crippen molar-refractivity contribution in [3.63, 3.8) is 0 Å². The van der Waals surface area contributed by atoms with E-state index in [1.807, 2.05) is 148 Å². The van der Waals surface area contributed by atoms with E-state index in [1.54, 1.807) is 64.3 Å². The minimum absolute atomic E-state index is 0. The summed E-state index contributed by atoms with van der Waals surface area (Å²) in [4.78, 5) is 114.